The summed E-state index contributed by atoms with van der Waals surface area (Å²) in [5.74, 6) is -1.50. The van der Waals surface area contributed by atoms with E-state index in [2.05, 4.69) is 15.3 Å². The van der Waals surface area contributed by atoms with Crippen molar-refractivity contribution < 1.29 is 14.7 Å². The quantitative estimate of drug-likeness (QED) is 0.859. The van der Waals surface area contributed by atoms with E-state index in [0.29, 0.717) is 5.13 Å². The average molecular weight is 249 g/mol. The van der Waals surface area contributed by atoms with Crippen molar-refractivity contribution in [1.29, 1.82) is 0 Å². The molecule has 0 bridgehead atoms. The Balaban J connectivity index is 2.12. The zero-order valence-corrected chi connectivity index (χ0v) is 9.27. The van der Waals surface area contributed by atoms with Crippen LogP contribution in [-0.4, -0.2) is 27.0 Å². The van der Waals surface area contributed by atoms with E-state index in [-0.39, 0.29) is 11.3 Å². The monoisotopic (exact) mass is 249 g/mol. The van der Waals surface area contributed by atoms with Crippen molar-refractivity contribution in [2.45, 2.75) is 0 Å². The molecule has 0 aliphatic carbocycles. The van der Waals surface area contributed by atoms with Gasteiger partial charge in [-0.15, -0.1) is 11.3 Å². The van der Waals surface area contributed by atoms with Crippen LogP contribution in [0.3, 0.4) is 0 Å². The molecule has 1 amide bonds. The highest BCUT2D eigenvalue weighted by Crippen LogP contribution is 2.11. The van der Waals surface area contributed by atoms with E-state index in [1.807, 2.05) is 0 Å². The van der Waals surface area contributed by atoms with Crippen LogP contribution in [0, 0.1) is 0 Å². The van der Waals surface area contributed by atoms with Crippen molar-refractivity contribution in [3.05, 3.63) is 41.2 Å². The molecule has 0 radical (unpaired) electrons. The molecule has 7 heteroatoms. The Hall–Kier alpha value is -2.28. The number of aromatic nitrogens is 2. The zero-order chi connectivity index (χ0) is 12.3. The van der Waals surface area contributed by atoms with Gasteiger partial charge in [-0.25, -0.2) is 9.78 Å². The zero-order valence-electron chi connectivity index (χ0n) is 8.45. The summed E-state index contributed by atoms with van der Waals surface area (Å²) in [4.78, 5) is 29.9. The average Bonchev–Trinajstić information content (AvgIpc) is 2.82. The van der Waals surface area contributed by atoms with Gasteiger partial charge in [0.2, 0.25) is 0 Å². The first-order valence-corrected chi connectivity index (χ1v) is 5.45. The number of carboxylic acids is 1. The molecule has 0 aliphatic heterocycles. The van der Waals surface area contributed by atoms with Crippen LogP contribution in [0.1, 0.15) is 20.8 Å². The van der Waals surface area contributed by atoms with E-state index in [1.54, 1.807) is 11.6 Å². The molecular formula is C10H7N3O3S. The Labute approximate surface area is 100.0 Å². The molecule has 17 heavy (non-hydrogen) atoms. The number of rotatable bonds is 3. The van der Waals surface area contributed by atoms with Gasteiger partial charge in [-0.05, 0) is 12.1 Å². The summed E-state index contributed by atoms with van der Waals surface area (Å²) in [5.41, 5.74) is 0.181. The van der Waals surface area contributed by atoms with Gasteiger partial charge in [0.15, 0.2) is 5.13 Å². The number of carboxylic acid groups (broad SMARTS) is 1. The van der Waals surface area contributed by atoms with Gasteiger partial charge < -0.3 is 5.11 Å². The summed E-state index contributed by atoms with van der Waals surface area (Å²) in [6, 6.07) is 2.68. The first-order valence-electron chi connectivity index (χ1n) is 4.57. The Kier molecular flexibility index (Phi) is 3.10. The lowest BCUT2D eigenvalue weighted by atomic mass is 10.2. The number of carbonyl (C=O) groups is 2. The molecule has 0 fully saturated rings. The van der Waals surface area contributed by atoms with E-state index in [9.17, 15) is 9.59 Å². The lowest BCUT2D eigenvalue weighted by molar-refractivity contribution is 0.0696. The molecule has 6 nitrogen and oxygen atoms in total. The molecular weight excluding hydrogens is 242 g/mol. The van der Waals surface area contributed by atoms with E-state index in [4.69, 9.17) is 5.11 Å². The fourth-order valence-electron chi connectivity index (χ4n) is 1.10. The van der Waals surface area contributed by atoms with Crippen molar-refractivity contribution >= 4 is 28.3 Å². The number of anilines is 1. The number of hydrogen-bond acceptors (Lipinski definition) is 5. The molecule has 0 spiro atoms. The number of carbonyl (C=O) groups excluding carboxylic acids is 1. The molecule has 2 N–H and O–H groups in total. The standard InChI is InChI=1S/C10H7N3O3S/c14-8(13-10-11-3-4-17-10)7-2-1-6(5-12-7)9(15)16/h1-5H,(H,15,16)(H,11,13,14). The van der Waals surface area contributed by atoms with Gasteiger partial charge in [-0.1, -0.05) is 0 Å². The third kappa shape index (κ3) is 2.64. The second-order valence-electron chi connectivity index (χ2n) is 3.03. The van der Waals surface area contributed by atoms with Crippen LogP contribution >= 0.6 is 11.3 Å². The van der Waals surface area contributed by atoms with E-state index >= 15 is 0 Å². The number of hydrogen-bond donors (Lipinski definition) is 2. The van der Waals surface area contributed by atoms with Crippen molar-refractivity contribution in [2.75, 3.05) is 5.32 Å². The minimum atomic E-state index is -1.08. The third-order valence-electron chi connectivity index (χ3n) is 1.90. The summed E-state index contributed by atoms with van der Waals surface area (Å²) in [6.07, 6.45) is 2.71. The molecule has 0 aromatic carbocycles. The highest BCUT2D eigenvalue weighted by molar-refractivity contribution is 7.13. The smallest absolute Gasteiger partial charge is 0.337 e. The van der Waals surface area contributed by atoms with Crippen LogP contribution in [0.5, 0.6) is 0 Å². The Morgan fingerprint density at radius 3 is 2.65 bits per heavy atom. The van der Waals surface area contributed by atoms with E-state index in [1.165, 1.54) is 23.5 Å². The minimum absolute atomic E-state index is 0.0378. The van der Waals surface area contributed by atoms with Crippen LogP contribution in [-0.2, 0) is 0 Å². The maximum atomic E-state index is 11.6. The predicted octanol–water partition coefficient (Wildman–Crippen LogP) is 1.49. The summed E-state index contributed by atoms with van der Waals surface area (Å²) in [6.45, 7) is 0. The number of nitrogens with one attached hydrogen (secondary N) is 1. The van der Waals surface area contributed by atoms with Gasteiger partial charge in [-0.2, -0.15) is 0 Å². The highest BCUT2D eigenvalue weighted by atomic mass is 32.1. The molecule has 2 aromatic heterocycles. The lowest BCUT2D eigenvalue weighted by Gasteiger charge is -2.00. The normalized spacial score (nSPS) is 9.88. The van der Waals surface area contributed by atoms with Crippen LogP contribution in [0.25, 0.3) is 0 Å². The second-order valence-corrected chi connectivity index (χ2v) is 3.92. The number of amides is 1. The fourth-order valence-corrected chi connectivity index (χ4v) is 1.62. The summed E-state index contributed by atoms with van der Waals surface area (Å²) >= 11 is 1.29. The van der Waals surface area contributed by atoms with Gasteiger partial charge in [0.05, 0.1) is 5.56 Å². The SMILES string of the molecule is O=C(O)c1ccc(C(=O)Nc2nccs2)nc1. The van der Waals surface area contributed by atoms with Gasteiger partial charge in [-0.3, -0.25) is 15.1 Å². The Morgan fingerprint density at radius 1 is 1.29 bits per heavy atom. The van der Waals surface area contributed by atoms with Gasteiger partial charge in [0.1, 0.15) is 5.69 Å². The summed E-state index contributed by atoms with van der Waals surface area (Å²) < 4.78 is 0. The van der Waals surface area contributed by atoms with E-state index in [0.717, 1.165) is 6.20 Å². The molecule has 0 unspecified atom stereocenters. The topological polar surface area (TPSA) is 92.2 Å². The summed E-state index contributed by atoms with van der Waals surface area (Å²) in [7, 11) is 0. The largest absolute Gasteiger partial charge is 0.478 e. The molecule has 2 rings (SSSR count). The number of pyridine rings is 1. The fraction of sp³-hybridized carbons (Fsp3) is 0. The molecule has 0 atom stereocenters. The minimum Gasteiger partial charge on any atom is -0.478 e. The highest BCUT2D eigenvalue weighted by Gasteiger charge is 2.10. The first kappa shape index (κ1) is 11.2. The molecule has 0 saturated heterocycles. The van der Waals surface area contributed by atoms with Crippen LogP contribution < -0.4 is 5.32 Å². The second kappa shape index (κ2) is 4.71. The summed E-state index contributed by atoms with van der Waals surface area (Å²) in [5, 5.41) is 13.4. The van der Waals surface area contributed by atoms with E-state index < -0.39 is 11.9 Å². The first-order chi connectivity index (χ1) is 8.16. The van der Waals surface area contributed by atoms with Crippen molar-refractivity contribution in [3.63, 3.8) is 0 Å². The van der Waals surface area contributed by atoms with Crippen molar-refractivity contribution in [3.8, 4) is 0 Å². The number of thiazole rings is 1. The lowest BCUT2D eigenvalue weighted by Crippen LogP contribution is -2.13. The number of nitrogens with zero attached hydrogens (tertiary/aromatic N) is 2. The number of aromatic carboxylic acids is 1. The molecule has 2 heterocycles. The molecule has 0 aliphatic rings. The van der Waals surface area contributed by atoms with Gasteiger partial charge in [0, 0.05) is 17.8 Å². The maximum Gasteiger partial charge on any atom is 0.337 e. The van der Waals surface area contributed by atoms with Crippen molar-refractivity contribution in [2.24, 2.45) is 0 Å². The van der Waals surface area contributed by atoms with Crippen LogP contribution in [0.15, 0.2) is 29.9 Å². The Bertz CT molecular complexity index is 536. The van der Waals surface area contributed by atoms with Gasteiger partial charge >= 0.3 is 5.97 Å². The molecule has 86 valence electrons. The third-order valence-corrected chi connectivity index (χ3v) is 2.58. The molecule has 0 saturated carbocycles. The predicted molar refractivity (Wildman–Crippen MR) is 61.3 cm³/mol. The van der Waals surface area contributed by atoms with Crippen LogP contribution in [0.2, 0.25) is 0 Å². The van der Waals surface area contributed by atoms with Crippen LogP contribution in [0.4, 0.5) is 5.13 Å². The maximum absolute atomic E-state index is 11.6. The van der Waals surface area contributed by atoms with Gasteiger partial charge in [0.25, 0.3) is 5.91 Å². The molecule has 2 aromatic rings. The Morgan fingerprint density at radius 2 is 2.12 bits per heavy atom. The van der Waals surface area contributed by atoms with Crippen molar-refractivity contribution in [1.82, 2.24) is 9.97 Å².